The van der Waals surface area contributed by atoms with Crippen LogP contribution in [0.15, 0.2) is 54.7 Å². The number of hydrogen-bond donors (Lipinski definition) is 1. The normalized spacial score (nSPS) is 10.4. The van der Waals surface area contributed by atoms with Gasteiger partial charge in [-0.15, -0.1) is 0 Å². The average Bonchev–Trinajstić information content (AvgIpc) is 2.57. The van der Waals surface area contributed by atoms with Gasteiger partial charge in [0.25, 0.3) is 0 Å². The molecule has 122 valence electrons. The fourth-order valence-corrected chi connectivity index (χ4v) is 2.05. The van der Waals surface area contributed by atoms with E-state index in [0.717, 1.165) is 28.8 Å². The molecule has 0 aliphatic rings. The summed E-state index contributed by atoms with van der Waals surface area (Å²) in [6.45, 7) is 2.26. The largest absolute Gasteiger partial charge is 0.459 e. The van der Waals surface area contributed by atoms with Gasteiger partial charge >= 0.3 is 6.01 Å². The van der Waals surface area contributed by atoms with Crippen LogP contribution in [0, 0.1) is 12.7 Å². The first-order valence-corrected chi connectivity index (χ1v) is 7.34. The fraction of sp³-hybridized carbons (Fsp3) is 0.111. The number of halogens is 1. The number of rotatable bonds is 5. The number of aryl methyl sites for hydroxylation is 1. The van der Waals surface area contributed by atoms with Crippen molar-refractivity contribution in [2.24, 2.45) is 0 Å². The van der Waals surface area contributed by atoms with Gasteiger partial charge in [0.05, 0.1) is 6.20 Å². The number of benzene rings is 2. The first-order chi connectivity index (χ1) is 11.6. The summed E-state index contributed by atoms with van der Waals surface area (Å²) in [5, 5.41) is 0. The third-order valence-corrected chi connectivity index (χ3v) is 3.27. The van der Waals surface area contributed by atoms with Crippen molar-refractivity contribution in [3.05, 3.63) is 71.7 Å². The average molecular weight is 325 g/mol. The molecule has 3 aromatic rings. The SMILES string of the molecule is Cc1cccc(Oc2ccc(COc3ncc(F)c(N)n3)cc2)c1. The van der Waals surface area contributed by atoms with Crippen molar-refractivity contribution in [2.75, 3.05) is 5.73 Å². The van der Waals surface area contributed by atoms with Crippen LogP contribution in [-0.4, -0.2) is 9.97 Å². The molecule has 6 heteroatoms. The summed E-state index contributed by atoms with van der Waals surface area (Å²) in [6.07, 6.45) is 0.983. The summed E-state index contributed by atoms with van der Waals surface area (Å²) < 4.78 is 24.2. The molecule has 0 aliphatic heterocycles. The van der Waals surface area contributed by atoms with E-state index in [1.165, 1.54) is 0 Å². The van der Waals surface area contributed by atoms with Crippen LogP contribution >= 0.6 is 0 Å². The molecule has 0 radical (unpaired) electrons. The maximum absolute atomic E-state index is 13.0. The molecule has 24 heavy (non-hydrogen) atoms. The second kappa shape index (κ2) is 6.95. The van der Waals surface area contributed by atoms with Gasteiger partial charge in [0, 0.05) is 0 Å². The van der Waals surface area contributed by atoms with Gasteiger partial charge in [0.2, 0.25) is 0 Å². The van der Waals surface area contributed by atoms with Gasteiger partial charge in [-0.2, -0.15) is 4.98 Å². The number of nitrogens with zero attached hydrogens (tertiary/aromatic N) is 2. The van der Waals surface area contributed by atoms with Gasteiger partial charge in [-0.05, 0) is 42.3 Å². The number of anilines is 1. The van der Waals surface area contributed by atoms with Gasteiger partial charge in [-0.25, -0.2) is 9.37 Å². The van der Waals surface area contributed by atoms with Gasteiger partial charge in [-0.1, -0.05) is 24.3 Å². The van der Waals surface area contributed by atoms with Crippen LogP contribution in [0.3, 0.4) is 0 Å². The minimum absolute atomic E-state index is 0.0361. The number of aromatic nitrogens is 2. The Hall–Kier alpha value is -3.15. The number of ether oxygens (including phenoxy) is 2. The zero-order chi connectivity index (χ0) is 16.9. The summed E-state index contributed by atoms with van der Waals surface area (Å²) in [6, 6.07) is 15.3. The Morgan fingerprint density at radius 3 is 2.58 bits per heavy atom. The molecule has 0 saturated carbocycles. The lowest BCUT2D eigenvalue weighted by molar-refractivity contribution is 0.280. The quantitative estimate of drug-likeness (QED) is 0.771. The molecular weight excluding hydrogens is 309 g/mol. The highest BCUT2D eigenvalue weighted by Gasteiger charge is 2.05. The molecule has 3 rings (SSSR count). The molecule has 1 aromatic heterocycles. The summed E-state index contributed by atoms with van der Waals surface area (Å²) in [7, 11) is 0. The zero-order valence-corrected chi connectivity index (χ0v) is 13.1. The Bertz CT molecular complexity index is 838. The van der Waals surface area contributed by atoms with Crippen molar-refractivity contribution in [3.8, 4) is 17.5 Å². The Balaban J connectivity index is 1.61. The zero-order valence-electron chi connectivity index (χ0n) is 13.1. The Labute approximate surface area is 138 Å². The van der Waals surface area contributed by atoms with E-state index in [-0.39, 0.29) is 18.4 Å². The maximum Gasteiger partial charge on any atom is 0.318 e. The van der Waals surface area contributed by atoms with Crippen LogP contribution in [0.1, 0.15) is 11.1 Å². The summed E-state index contributed by atoms with van der Waals surface area (Å²) >= 11 is 0. The molecule has 0 atom stereocenters. The lowest BCUT2D eigenvalue weighted by Gasteiger charge is -2.08. The first-order valence-electron chi connectivity index (χ1n) is 7.34. The van der Waals surface area contributed by atoms with Crippen molar-refractivity contribution in [1.82, 2.24) is 9.97 Å². The fourth-order valence-electron chi connectivity index (χ4n) is 2.05. The summed E-state index contributed by atoms with van der Waals surface area (Å²) in [4.78, 5) is 7.44. The highest BCUT2D eigenvalue weighted by atomic mass is 19.1. The second-order valence-electron chi connectivity index (χ2n) is 5.24. The number of hydrogen-bond acceptors (Lipinski definition) is 5. The number of nitrogens with two attached hydrogens (primary N) is 1. The molecule has 0 bridgehead atoms. The van der Waals surface area contributed by atoms with E-state index in [9.17, 15) is 4.39 Å². The predicted octanol–water partition coefficient (Wildman–Crippen LogP) is 3.88. The van der Waals surface area contributed by atoms with Crippen molar-refractivity contribution < 1.29 is 13.9 Å². The van der Waals surface area contributed by atoms with E-state index >= 15 is 0 Å². The van der Waals surface area contributed by atoms with E-state index < -0.39 is 5.82 Å². The predicted molar refractivity (Wildman–Crippen MR) is 88.4 cm³/mol. The standard InChI is InChI=1S/C18H16FN3O2/c1-12-3-2-4-15(9-12)24-14-7-5-13(6-8-14)11-23-18-21-10-16(19)17(20)22-18/h2-10H,11H2,1H3,(H2,20,21,22). The van der Waals surface area contributed by atoms with Gasteiger partial charge in [0.15, 0.2) is 11.6 Å². The highest BCUT2D eigenvalue weighted by Crippen LogP contribution is 2.22. The Morgan fingerprint density at radius 1 is 1.08 bits per heavy atom. The second-order valence-corrected chi connectivity index (χ2v) is 5.24. The van der Waals surface area contributed by atoms with Crippen LogP contribution in [0.25, 0.3) is 0 Å². The van der Waals surface area contributed by atoms with Crippen molar-refractivity contribution >= 4 is 5.82 Å². The molecule has 1 heterocycles. The van der Waals surface area contributed by atoms with Crippen LogP contribution in [-0.2, 0) is 6.61 Å². The lowest BCUT2D eigenvalue weighted by atomic mass is 10.2. The topological polar surface area (TPSA) is 70.3 Å². The first kappa shape index (κ1) is 15.7. The maximum atomic E-state index is 13.0. The van der Waals surface area contributed by atoms with E-state index in [2.05, 4.69) is 9.97 Å². The van der Waals surface area contributed by atoms with E-state index in [1.54, 1.807) is 0 Å². The smallest absolute Gasteiger partial charge is 0.318 e. The molecule has 2 N–H and O–H groups in total. The molecular formula is C18H16FN3O2. The molecule has 0 aliphatic carbocycles. The Kier molecular flexibility index (Phi) is 4.56. The minimum atomic E-state index is -0.667. The summed E-state index contributed by atoms with van der Waals surface area (Å²) in [5.74, 6) is 0.614. The Morgan fingerprint density at radius 2 is 1.88 bits per heavy atom. The van der Waals surface area contributed by atoms with Crippen LogP contribution in [0.2, 0.25) is 0 Å². The third kappa shape index (κ3) is 3.98. The van der Waals surface area contributed by atoms with E-state index in [0.29, 0.717) is 0 Å². The molecule has 0 unspecified atom stereocenters. The summed E-state index contributed by atoms with van der Waals surface area (Å²) in [5.41, 5.74) is 7.41. The molecule has 5 nitrogen and oxygen atoms in total. The van der Waals surface area contributed by atoms with Gasteiger partial charge < -0.3 is 15.2 Å². The lowest BCUT2D eigenvalue weighted by Crippen LogP contribution is -2.03. The monoisotopic (exact) mass is 325 g/mol. The van der Waals surface area contributed by atoms with E-state index in [4.69, 9.17) is 15.2 Å². The number of nitrogen functional groups attached to an aromatic ring is 1. The third-order valence-electron chi connectivity index (χ3n) is 3.27. The van der Waals surface area contributed by atoms with Crippen LogP contribution in [0.4, 0.5) is 10.2 Å². The van der Waals surface area contributed by atoms with E-state index in [1.807, 2.05) is 55.5 Å². The van der Waals surface area contributed by atoms with Gasteiger partial charge in [-0.3, -0.25) is 0 Å². The van der Waals surface area contributed by atoms with Crippen molar-refractivity contribution in [1.29, 1.82) is 0 Å². The molecule has 0 amide bonds. The molecule has 0 fully saturated rings. The minimum Gasteiger partial charge on any atom is -0.459 e. The van der Waals surface area contributed by atoms with Crippen LogP contribution in [0.5, 0.6) is 17.5 Å². The molecule has 0 spiro atoms. The van der Waals surface area contributed by atoms with Crippen molar-refractivity contribution in [2.45, 2.75) is 13.5 Å². The van der Waals surface area contributed by atoms with Gasteiger partial charge in [0.1, 0.15) is 18.1 Å². The molecule has 2 aromatic carbocycles. The van der Waals surface area contributed by atoms with Crippen molar-refractivity contribution in [3.63, 3.8) is 0 Å². The van der Waals surface area contributed by atoms with Crippen LogP contribution < -0.4 is 15.2 Å². The molecule has 0 saturated heterocycles. The highest BCUT2D eigenvalue weighted by molar-refractivity contribution is 5.35.